The SMILES string of the molecule is COc1c(-c2cnc3c(c2)c(-c2cn(CCCC(=O)O)nc2C(F)(F)F)cn3S(=O)(=O)c2ccc(C)cc2)c(CN(C(=O)OC(C)(C)C)C(C)C)nn1C. The predicted molar refractivity (Wildman–Crippen MR) is 192 cm³/mol. The third kappa shape index (κ3) is 8.22. The first-order valence-electron chi connectivity index (χ1n) is 16.9. The van der Waals surface area contributed by atoms with Gasteiger partial charge >= 0.3 is 18.2 Å². The second-order valence-electron chi connectivity index (χ2n) is 14.1. The molecule has 0 aliphatic rings. The Morgan fingerprint density at radius 2 is 1.70 bits per heavy atom. The van der Waals surface area contributed by atoms with Crippen molar-refractivity contribution in [2.24, 2.45) is 7.05 Å². The number of benzene rings is 1. The number of aliphatic carboxylic acids is 1. The van der Waals surface area contributed by atoms with Gasteiger partial charge in [-0.15, -0.1) is 0 Å². The van der Waals surface area contributed by atoms with Crippen LogP contribution in [-0.4, -0.2) is 77.8 Å². The molecule has 1 amide bonds. The molecule has 14 nitrogen and oxygen atoms in total. The summed E-state index contributed by atoms with van der Waals surface area (Å²) in [5.41, 5.74) is -1.00. The van der Waals surface area contributed by atoms with Crippen molar-refractivity contribution in [2.75, 3.05) is 7.11 Å². The van der Waals surface area contributed by atoms with Gasteiger partial charge in [-0.3, -0.25) is 14.4 Å². The summed E-state index contributed by atoms with van der Waals surface area (Å²) in [6.45, 7) is 10.4. The zero-order chi connectivity index (χ0) is 39.9. The van der Waals surface area contributed by atoms with Crippen molar-refractivity contribution in [2.45, 2.75) is 90.2 Å². The molecular formula is C36H42F3N7O7S. The number of carbonyl (C=O) groups is 2. The van der Waals surface area contributed by atoms with E-state index in [-0.39, 0.29) is 59.3 Å². The number of alkyl halides is 3. The van der Waals surface area contributed by atoms with Gasteiger partial charge in [-0.05, 0) is 66.2 Å². The van der Waals surface area contributed by atoms with E-state index >= 15 is 0 Å². The number of pyridine rings is 1. The summed E-state index contributed by atoms with van der Waals surface area (Å²) in [4.78, 5) is 30.2. The van der Waals surface area contributed by atoms with E-state index in [0.29, 0.717) is 16.8 Å². The van der Waals surface area contributed by atoms with Crippen molar-refractivity contribution in [3.63, 3.8) is 0 Å². The lowest BCUT2D eigenvalue weighted by atomic mass is 10.0. The van der Waals surface area contributed by atoms with Gasteiger partial charge in [0.25, 0.3) is 10.0 Å². The normalized spacial score (nSPS) is 12.4. The predicted octanol–water partition coefficient (Wildman–Crippen LogP) is 6.88. The lowest BCUT2D eigenvalue weighted by Crippen LogP contribution is -2.40. The fourth-order valence-corrected chi connectivity index (χ4v) is 7.23. The van der Waals surface area contributed by atoms with Crippen molar-refractivity contribution in [3.05, 3.63) is 65.9 Å². The van der Waals surface area contributed by atoms with Crippen molar-refractivity contribution in [1.29, 1.82) is 0 Å². The Hall–Kier alpha value is -5.39. The molecule has 290 valence electrons. The summed E-state index contributed by atoms with van der Waals surface area (Å²) in [5, 5.41) is 17.5. The number of hydrogen-bond acceptors (Lipinski definition) is 9. The van der Waals surface area contributed by atoms with Crippen molar-refractivity contribution in [1.82, 2.24) is 33.4 Å². The Bertz CT molecular complexity index is 2300. The molecule has 54 heavy (non-hydrogen) atoms. The monoisotopic (exact) mass is 773 g/mol. The number of aromatic nitrogens is 6. The Kier molecular flexibility index (Phi) is 10.9. The quantitative estimate of drug-likeness (QED) is 0.141. The summed E-state index contributed by atoms with van der Waals surface area (Å²) in [6.07, 6.45) is -2.30. The average Bonchev–Trinajstić information content (AvgIpc) is 3.75. The van der Waals surface area contributed by atoms with Crippen LogP contribution < -0.4 is 4.74 Å². The first kappa shape index (κ1) is 39.8. The first-order valence-corrected chi connectivity index (χ1v) is 18.4. The van der Waals surface area contributed by atoms with Crippen molar-refractivity contribution < 1.29 is 45.8 Å². The van der Waals surface area contributed by atoms with Gasteiger partial charge in [0.2, 0.25) is 5.88 Å². The van der Waals surface area contributed by atoms with Gasteiger partial charge in [0.15, 0.2) is 11.3 Å². The standard InChI is InChI=1S/C36H42F3N7O7S/c1-21(2)45(34(49)53-35(4,5)6)20-28-30(33(52-8)43(7)41-28)23-16-25-26(27-18-44(15-9-10-29(47)48)42-31(27)36(37,38)39)19-46(32(25)40-17-23)54(50,51)24-13-11-22(3)12-14-24/h11-14,16-19,21H,9-10,15,20H2,1-8H3,(H,47,48). The van der Waals surface area contributed by atoms with Crippen molar-refractivity contribution in [3.8, 4) is 28.1 Å². The molecule has 0 saturated heterocycles. The molecule has 0 atom stereocenters. The molecule has 0 aliphatic heterocycles. The van der Waals surface area contributed by atoms with Crippen LogP contribution in [0.5, 0.6) is 5.88 Å². The molecule has 4 heterocycles. The number of carboxylic acids is 1. The van der Waals surface area contributed by atoms with E-state index in [9.17, 15) is 31.2 Å². The van der Waals surface area contributed by atoms with Gasteiger partial charge in [0, 0.05) is 66.7 Å². The van der Waals surface area contributed by atoms with Gasteiger partial charge in [-0.1, -0.05) is 17.7 Å². The highest BCUT2D eigenvalue weighted by atomic mass is 32.2. The van der Waals surface area contributed by atoms with Crippen LogP contribution in [0, 0.1) is 6.92 Å². The fraction of sp³-hybridized carbons (Fsp3) is 0.417. The number of aryl methyl sites for hydroxylation is 3. The Morgan fingerprint density at radius 3 is 2.28 bits per heavy atom. The number of amides is 1. The Balaban J connectivity index is 1.77. The number of ether oxygens (including phenoxy) is 2. The highest BCUT2D eigenvalue weighted by Gasteiger charge is 2.39. The van der Waals surface area contributed by atoms with Crippen LogP contribution in [0.4, 0.5) is 18.0 Å². The van der Waals surface area contributed by atoms with Gasteiger partial charge in [0.05, 0.1) is 29.8 Å². The summed E-state index contributed by atoms with van der Waals surface area (Å²) in [6, 6.07) is 7.15. The third-order valence-electron chi connectivity index (χ3n) is 8.41. The van der Waals surface area contributed by atoms with E-state index in [4.69, 9.17) is 14.6 Å². The molecule has 5 aromatic rings. The number of hydrogen-bond donors (Lipinski definition) is 1. The lowest BCUT2D eigenvalue weighted by molar-refractivity contribution is -0.141. The number of fused-ring (bicyclic) bond motifs is 1. The summed E-state index contributed by atoms with van der Waals surface area (Å²) in [5.74, 6) is -0.872. The van der Waals surface area contributed by atoms with E-state index in [1.165, 1.54) is 41.1 Å². The second kappa shape index (κ2) is 14.8. The maximum Gasteiger partial charge on any atom is 0.435 e. The molecule has 0 aliphatic carbocycles. The maximum absolute atomic E-state index is 14.6. The largest absolute Gasteiger partial charge is 0.481 e. The van der Waals surface area contributed by atoms with Gasteiger partial charge in [-0.2, -0.15) is 23.4 Å². The summed E-state index contributed by atoms with van der Waals surface area (Å²) < 4.78 is 86.7. The van der Waals surface area contributed by atoms with Gasteiger partial charge in [-0.25, -0.2) is 26.9 Å². The van der Waals surface area contributed by atoms with Crippen LogP contribution in [0.3, 0.4) is 0 Å². The van der Waals surface area contributed by atoms with E-state index < -0.39 is 45.1 Å². The molecule has 0 radical (unpaired) electrons. The summed E-state index contributed by atoms with van der Waals surface area (Å²) >= 11 is 0. The fourth-order valence-electron chi connectivity index (χ4n) is 5.91. The molecule has 1 aromatic carbocycles. The Morgan fingerprint density at radius 1 is 1.04 bits per heavy atom. The lowest BCUT2D eigenvalue weighted by Gasteiger charge is -2.29. The molecule has 4 aromatic heterocycles. The minimum Gasteiger partial charge on any atom is -0.481 e. The number of halogens is 3. The minimum atomic E-state index is -4.97. The van der Waals surface area contributed by atoms with Crippen LogP contribution in [0.15, 0.2) is 53.8 Å². The third-order valence-corrected chi connectivity index (χ3v) is 10.1. The highest BCUT2D eigenvalue weighted by Crippen LogP contribution is 2.42. The zero-order valence-electron chi connectivity index (χ0n) is 31.1. The van der Waals surface area contributed by atoms with Gasteiger partial charge in [0.1, 0.15) is 5.60 Å². The minimum absolute atomic E-state index is 0.00326. The second-order valence-corrected chi connectivity index (χ2v) is 15.9. The maximum atomic E-state index is 14.6. The van der Waals surface area contributed by atoms with E-state index in [0.717, 1.165) is 26.6 Å². The van der Waals surface area contributed by atoms with Crippen LogP contribution in [0.25, 0.3) is 33.3 Å². The molecule has 0 unspecified atom stereocenters. The van der Waals surface area contributed by atoms with E-state index in [1.54, 1.807) is 60.7 Å². The molecular weight excluding hydrogens is 731 g/mol. The molecule has 0 bridgehead atoms. The molecule has 18 heteroatoms. The molecule has 0 saturated carbocycles. The van der Waals surface area contributed by atoms with E-state index in [1.807, 2.05) is 0 Å². The number of nitrogens with zero attached hydrogens (tertiary/aromatic N) is 7. The Labute approximate surface area is 310 Å². The highest BCUT2D eigenvalue weighted by molar-refractivity contribution is 7.90. The number of rotatable bonds is 12. The smallest absolute Gasteiger partial charge is 0.435 e. The van der Waals surface area contributed by atoms with Crippen LogP contribution in [-0.2, 0) is 45.9 Å². The topological polar surface area (TPSA) is 164 Å². The first-order chi connectivity index (χ1) is 25.1. The molecule has 0 spiro atoms. The molecule has 0 fully saturated rings. The number of methoxy groups -OCH3 is 1. The van der Waals surface area contributed by atoms with E-state index in [2.05, 4.69) is 15.2 Å². The summed E-state index contributed by atoms with van der Waals surface area (Å²) in [7, 11) is -1.37. The number of carboxylic acid groups (broad SMARTS) is 1. The average molecular weight is 774 g/mol. The zero-order valence-corrected chi connectivity index (χ0v) is 31.9. The number of carbonyl (C=O) groups excluding carboxylic acids is 1. The van der Waals surface area contributed by atoms with Crippen LogP contribution in [0.2, 0.25) is 0 Å². The van der Waals surface area contributed by atoms with Crippen LogP contribution >= 0.6 is 0 Å². The van der Waals surface area contributed by atoms with Crippen molar-refractivity contribution >= 4 is 33.1 Å². The van der Waals surface area contributed by atoms with Crippen LogP contribution in [0.1, 0.15) is 64.4 Å². The van der Waals surface area contributed by atoms with Gasteiger partial charge < -0.3 is 14.6 Å². The molecule has 5 rings (SSSR count). The molecule has 1 N–H and O–H groups in total.